The van der Waals surface area contributed by atoms with Crippen molar-refractivity contribution in [1.29, 1.82) is 0 Å². The van der Waals surface area contributed by atoms with E-state index in [1.165, 1.54) is 60.7 Å². The normalized spacial score (nSPS) is 12.7. The molecule has 9 N–H and O–H groups in total. The fraction of sp³-hybridized carbons (Fsp3) is 0. The minimum Gasteiger partial charge on any atom is -0.368 e. The highest BCUT2D eigenvalue weighted by molar-refractivity contribution is 7.92. The zero-order valence-electron chi connectivity index (χ0n) is 35.0. The van der Waals surface area contributed by atoms with Crippen molar-refractivity contribution in [3.8, 4) is 45.6 Å². The number of nitrogens with zero attached hydrogens (tertiary/aromatic N) is 9. The summed E-state index contributed by atoms with van der Waals surface area (Å²) in [5.41, 5.74) is 5.55. The molecule has 356 valence electrons. The maximum atomic E-state index is 14.2. The molecule has 71 heavy (non-hydrogen) atoms. The molecule has 11 rings (SSSR count). The summed E-state index contributed by atoms with van der Waals surface area (Å²) in [5.74, 6) is -1.09. The number of nitrogens with two attached hydrogens (primary N) is 1. The number of halogens is 1. The summed E-state index contributed by atoms with van der Waals surface area (Å²) in [6, 6.07) is 21.1. The molecule has 0 aliphatic carbocycles. The Labute approximate surface area is 402 Å². The lowest BCUT2D eigenvalue weighted by Crippen LogP contribution is -2.13. The number of nitrogens with one attached hydrogen (secondary N) is 4. The Morgan fingerprint density at radius 1 is 0.493 bits per heavy atom. The Bertz CT molecular complexity index is 4500. The van der Waals surface area contributed by atoms with E-state index >= 15 is 0 Å². The molecule has 2 aliphatic rings. The number of hydrogen-bond acceptors (Lipinski definition) is 19. The standard InChI is InChI=1S/C41H25ClN14O11S4/c42-39-53-40(43)55-41(54-39)44-17-4-1-5-18(14-17)56-68(57,58)19-10-12-21-25(15-19)35-47-32(21)49-37-30-24(7-3-9-28(30)71(65,66)67)34(51-37)52-38-29-23(6-2-8-27(29)70(62,63)64)33(50-38)45-31-22-13-11-20(69(59,60)61)16-26(22)36(46-31)48-35/h1-16,56H,(H,59,60,61)(H,62,63,64)(H,65,66,67)(H3,43,44,53,54,55)(H2,45,46,47,48,49,50,51,52). The van der Waals surface area contributed by atoms with Gasteiger partial charge in [-0.1, -0.05) is 30.3 Å². The molecular formula is C41H25ClN14O11S4. The molecule has 4 aromatic heterocycles. The molecule has 5 aromatic carbocycles. The smallest absolute Gasteiger partial charge is 0.295 e. The van der Waals surface area contributed by atoms with Crippen molar-refractivity contribution in [1.82, 2.24) is 54.8 Å². The summed E-state index contributed by atoms with van der Waals surface area (Å²) in [4.78, 5) is 43.3. The van der Waals surface area contributed by atoms with Gasteiger partial charge in [-0.15, -0.1) is 0 Å². The van der Waals surface area contributed by atoms with Crippen molar-refractivity contribution < 1.29 is 47.3 Å². The average molecular weight is 1050 g/mol. The Morgan fingerprint density at radius 2 is 1.10 bits per heavy atom. The Morgan fingerprint density at radius 3 is 1.85 bits per heavy atom. The number of H-pyrrole nitrogens is 2. The van der Waals surface area contributed by atoms with E-state index in [1.807, 2.05) is 0 Å². The number of fused-ring (bicyclic) bond motifs is 20. The molecule has 0 fully saturated rings. The summed E-state index contributed by atoms with van der Waals surface area (Å²) in [6.45, 7) is 0. The van der Waals surface area contributed by atoms with E-state index in [0.717, 1.165) is 24.3 Å². The van der Waals surface area contributed by atoms with Gasteiger partial charge in [0, 0.05) is 43.9 Å². The first kappa shape index (κ1) is 45.3. The number of nitrogen functional groups attached to an aromatic ring is 1. The van der Waals surface area contributed by atoms with Gasteiger partial charge in [0.05, 0.1) is 21.0 Å². The highest BCUT2D eigenvalue weighted by atomic mass is 35.5. The van der Waals surface area contributed by atoms with E-state index in [1.54, 1.807) is 12.1 Å². The average Bonchev–Trinajstić information content (AvgIpc) is 4.03. The van der Waals surface area contributed by atoms with Gasteiger partial charge in [-0.05, 0) is 78.3 Å². The van der Waals surface area contributed by atoms with Gasteiger partial charge in [0.15, 0.2) is 23.3 Å². The van der Waals surface area contributed by atoms with Gasteiger partial charge in [0.25, 0.3) is 40.4 Å². The highest BCUT2D eigenvalue weighted by Gasteiger charge is 2.30. The number of rotatable bonds is 8. The molecule has 0 saturated carbocycles. The van der Waals surface area contributed by atoms with Crippen LogP contribution in [0.25, 0.3) is 89.7 Å². The maximum Gasteiger partial charge on any atom is 0.295 e. The van der Waals surface area contributed by atoms with Crippen LogP contribution in [0.3, 0.4) is 0 Å². The van der Waals surface area contributed by atoms with Crippen LogP contribution in [0.5, 0.6) is 0 Å². The van der Waals surface area contributed by atoms with Crippen LogP contribution in [0.2, 0.25) is 5.28 Å². The van der Waals surface area contributed by atoms with Crippen LogP contribution in [-0.2, 0) is 40.4 Å². The molecule has 9 aromatic rings. The van der Waals surface area contributed by atoms with E-state index < -0.39 is 55.1 Å². The van der Waals surface area contributed by atoms with E-state index in [9.17, 15) is 47.3 Å². The number of hydrogen-bond donors (Lipinski definition) is 8. The number of benzene rings is 5. The second kappa shape index (κ2) is 15.9. The van der Waals surface area contributed by atoms with Crippen molar-refractivity contribution in [2.45, 2.75) is 19.6 Å². The van der Waals surface area contributed by atoms with Gasteiger partial charge in [0.1, 0.15) is 32.4 Å². The second-order valence-electron chi connectivity index (χ2n) is 15.4. The van der Waals surface area contributed by atoms with Crippen LogP contribution in [0.1, 0.15) is 0 Å². The second-order valence-corrected chi connectivity index (χ2v) is 21.6. The van der Waals surface area contributed by atoms with Gasteiger partial charge in [-0.2, -0.15) is 40.2 Å². The molecule has 0 saturated heterocycles. The fourth-order valence-electron chi connectivity index (χ4n) is 7.97. The van der Waals surface area contributed by atoms with Crippen molar-refractivity contribution in [2.24, 2.45) is 0 Å². The topological polar surface area (TPSA) is 395 Å². The van der Waals surface area contributed by atoms with E-state index in [4.69, 9.17) is 22.3 Å². The minimum absolute atomic E-state index is 0.0154. The molecular weight excluding hydrogens is 1030 g/mol. The Kier molecular flexibility index (Phi) is 10.2. The highest BCUT2D eigenvalue weighted by Crippen LogP contribution is 2.41. The zero-order chi connectivity index (χ0) is 49.9. The summed E-state index contributed by atoms with van der Waals surface area (Å²) in [7, 11) is -19.2. The molecule has 30 heteroatoms. The van der Waals surface area contributed by atoms with Crippen LogP contribution < -0.4 is 15.8 Å². The maximum absolute atomic E-state index is 14.2. The van der Waals surface area contributed by atoms with Crippen LogP contribution in [0.4, 0.5) is 23.3 Å². The van der Waals surface area contributed by atoms with E-state index in [-0.39, 0.29) is 117 Å². The van der Waals surface area contributed by atoms with Crippen molar-refractivity contribution in [3.05, 3.63) is 102 Å². The number of aromatic nitrogens is 11. The first-order valence-electron chi connectivity index (χ1n) is 19.9. The first-order chi connectivity index (χ1) is 33.6. The molecule has 0 radical (unpaired) electrons. The largest absolute Gasteiger partial charge is 0.368 e. The third-order valence-electron chi connectivity index (χ3n) is 10.9. The summed E-state index contributed by atoms with van der Waals surface area (Å²) in [5, 5.41) is 2.76. The molecule has 0 amide bonds. The zero-order valence-corrected chi connectivity index (χ0v) is 39.0. The van der Waals surface area contributed by atoms with Gasteiger partial charge in [0.2, 0.25) is 17.2 Å². The monoisotopic (exact) mass is 1050 g/mol. The lowest BCUT2D eigenvalue weighted by Gasteiger charge is -2.11. The minimum atomic E-state index is -5.00. The number of aromatic amines is 2. The van der Waals surface area contributed by atoms with Crippen LogP contribution >= 0.6 is 11.6 Å². The third-order valence-corrected chi connectivity index (χ3v) is 15.1. The summed E-state index contributed by atoms with van der Waals surface area (Å²) >= 11 is 5.91. The lowest BCUT2D eigenvalue weighted by atomic mass is 10.1. The van der Waals surface area contributed by atoms with E-state index in [0.29, 0.717) is 5.69 Å². The summed E-state index contributed by atoms with van der Waals surface area (Å²) < 4.78 is 138. The molecule has 8 bridgehead atoms. The van der Waals surface area contributed by atoms with Gasteiger partial charge >= 0.3 is 0 Å². The van der Waals surface area contributed by atoms with Gasteiger partial charge in [-0.3, -0.25) is 18.4 Å². The van der Waals surface area contributed by atoms with Gasteiger partial charge < -0.3 is 21.0 Å². The van der Waals surface area contributed by atoms with Crippen molar-refractivity contribution >= 4 is 119 Å². The van der Waals surface area contributed by atoms with Gasteiger partial charge in [-0.25, -0.2) is 38.3 Å². The van der Waals surface area contributed by atoms with Crippen LogP contribution in [0.15, 0.2) is 117 Å². The summed E-state index contributed by atoms with van der Waals surface area (Å²) in [6.07, 6.45) is 0. The third kappa shape index (κ3) is 8.15. The van der Waals surface area contributed by atoms with E-state index in [2.05, 4.69) is 59.9 Å². The molecule has 25 nitrogen and oxygen atoms in total. The predicted molar refractivity (Wildman–Crippen MR) is 255 cm³/mol. The lowest BCUT2D eigenvalue weighted by molar-refractivity contribution is 0.481. The Balaban J connectivity index is 1.18. The molecule has 2 aliphatic heterocycles. The fourth-order valence-corrected chi connectivity index (χ4v) is 11.1. The van der Waals surface area contributed by atoms with Crippen LogP contribution in [-0.4, -0.2) is 102 Å². The number of anilines is 4. The number of sulfonamides is 1. The van der Waals surface area contributed by atoms with Crippen molar-refractivity contribution in [2.75, 3.05) is 15.8 Å². The van der Waals surface area contributed by atoms with Crippen molar-refractivity contribution in [3.63, 3.8) is 0 Å². The molecule has 0 unspecified atom stereocenters. The predicted octanol–water partition coefficient (Wildman–Crippen LogP) is 5.57. The quantitative estimate of drug-likeness (QED) is 0.0861. The molecule has 6 heterocycles. The Hall–Kier alpha value is -8.16. The SMILES string of the molecule is Nc1nc(Cl)nc(Nc2cccc(NS(=O)(=O)c3ccc4c(c3)-c3nc-4nc4[nH]c(nc5nc(nc6[nH]c(n3)c3cc(S(=O)(=O)O)ccc63)-c3cccc(S(=O)(=O)O)c3-5)c3cccc(S(=O)(=O)O)c43)c2)n1. The first-order valence-corrected chi connectivity index (χ1v) is 26.1. The molecule has 0 spiro atoms. The van der Waals surface area contributed by atoms with Crippen LogP contribution in [0, 0.1) is 0 Å². The molecule has 0 atom stereocenters.